The van der Waals surface area contributed by atoms with E-state index in [1.54, 1.807) is 47.9 Å². The fourth-order valence-corrected chi connectivity index (χ4v) is 3.99. The molecule has 1 aromatic carbocycles. The van der Waals surface area contributed by atoms with E-state index in [-0.39, 0.29) is 5.91 Å². The van der Waals surface area contributed by atoms with Gasteiger partial charge in [-0.05, 0) is 29.6 Å². The van der Waals surface area contributed by atoms with E-state index in [1.165, 1.54) is 11.3 Å². The van der Waals surface area contributed by atoms with Crippen LogP contribution in [0.5, 0.6) is 5.75 Å². The number of thiazole rings is 1. The molecule has 0 saturated carbocycles. The molecule has 7 heteroatoms. The Morgan fingerprint density at radius 1 is 1.33 bits per heavy atom. The highest BCUT2D eigenvalue weighted by molar-refractivity contribution is 7.14. The van der Waals surface area contributed by atoms with E-state index >= 15 is 0 Å². The number of amides is 1. The van der Waals surface area contributed by atoms with Gasteiger partial charge >= 0.3 is 0 Å². The molecule has 24 heavy (non-hydrogen) atoms. The minimum Gasteiger partial charge on any atom is -0.496 e. The van der Waals surface area contributed by atoms with Crippen LogP contribution in [0.15, 0.2) is 40.4 Å². The van der Waals surface area contributed by atoms with Crippen molar-refractivity contribution in [2.45, 2.75) is 6.54 Å². The SMILES string of the molecule is COc1ccc(Cl)cc1CN(C)C(=O)c1csc(-c2ccsc2)n1. The molecule has 2 heterocycles. The van der Waals surface area contributed by atoms with Crippen LogP contribution in [0.3, 0.4) is 0 Å². The number of benzene rings is 1. The van der Waals surface area contributed by atoms with Gasteiger partial charge in [-0.25, -0.2) is 4.98 Å². The van der Waals surface area contributed by atoms with Gasteiger partial charge in [0.25, 0.3) is 5.91 Å². The van der Waals surface area contributed by atoms with Gasteiger partial charge < -0.3 is 9.64 Å². The smallest absolute Gasteiger partial charge is 0.273 e. The summed E-state index contributed by atoms with van der Waals surface area (Å²) in [6.45, 7) is 0.397. The quantitative estimate of drug-likeness (QED) is 0.640. The molecule has 0 saturated heterocycles. The van der Waals surface area contributed by atoms with Crippen molar-refractivity contribution < 1.29 is 9.53 Å². The molecule has 124 valence electrons. The molecule has 1 amide bonds. The number of methoxy groups -OCH3 is 1. The number of aromatic nitrogens is 1. The second-order valence-electron chi connectivity index (χ2n) is 5.17. The van der Waals surface area contributed by atoms with Gasteiger partial charge in [-0.2, -0.15) is 11.3 Å². The van der Waals surface area contributed by atoms with Gasteiger partial charge in [0.15, 0.2) is 0 Å². The van der Waals surface area contributed by atoms with Gasteiger partial charge in [0.1, 0.15) is 16.5 Å². The molecule has 0 spiro atoms. The topological polar surface area (TPSA) is 42.4 Å². The molecule has 0 aliphatic rings. The molecule has 0 atom stereocenters. The van der Waals surface area contributed by atoms with Crippen LogP contribution < -0.4 is 4.74 Å². The summed E-state index contributed by atoms with van der Waals surface area (Å²) in [5.41, 5.74) is 2.35. The molecular weight excluding hydrogens is 364 g/mol. The normalized spacial score (nSPS) is 10.6. The number of ether oxygens (including phenoxy) is 1. The van der Waals surface area contributed by atoms with E-state index in [4.69, 9.17) is 16.3 Å². The third-order valence-electron chi connectivity index (χ3n) is 3.49. The van der Waals surface area contributed by atoms with Crippen LogP contribution >= 0.6 is 34.3 Å². The second-order valence-corrected chi connectivity index (χ2v) is 7.24. The lowest BCUT2D eigenvalue weighted by Crippen LogP contribution is -2.26. The number of carbonyl (C=O) groups is 1. The lowest BCUT2D eigenvalue weighted by atomic mass is 10.2. The number of thiophene rings is 1. The summed E-state index contributed by atoms with van der Waals surface area (Å²) in [5, 5.41) is 7.28. The molecule has 3 rings (SSSR count). The van der Waals surface area contributed by atoms with E-state index in [0.29, 0.717) is 23.0 Å². The van der Waals surface area contributed by atoms with Gasteiger partial charge in [-0.3, -0.25) is 4.79 Å². The minimum atomic E-state index is -0.130. The zero-order valence-electron chi connectivity index (χ0n) is 13.2. The highest BCUT2D eigenvalue weighted by atomic mass is 35.5. The number of hydrogen-bond donors (Lipinski definition) is 0. The molecule has 2 aromatic heterocycles. The van der Waals surface area contributed by atoms with Crippen molar-refractivity contribution in [1.29, 1.82) is 0 Å². The van der Waals surface area contributed by atoms with E-state index in [9.17, 15) is 4.79 Å². The Morgan fingerprint density at radius 2 is 2.17 bits per heavy atom. The molecule has 0 aliphatic carbocycles. The second kappa shape index (κ2) is 7.34. The predicted molar refractivity (Wildman–Crippen MR) is 99.2 cm³/mol. The number of halogens is 1. The van der Waals surface area contributed by atoms with Crippen molar-refractivity contribution >= 4 is 40.2 Å². The Labute approximate surface area is 153 Å². The average Bonchev–Trinajstić information content (AvgIpc) is 3.25. The van der Waals surface area contributed by atoms with Crippen LogP contribution in [0.2, 0.25) is 5.02 Å². The number of hydrogen-bond acceptors (Lipinski definition) is 5. The molecule has 0 radical (unpaired) electrons. The van der Waals surface area contributed by atoms with Crippen LogP contribution in [0, 0.1) is 0 Å². The summed E-state index contributed by atoms with van der Waals surface area (Å²) in [5.74, 6) is 0.575. The van der Waals surface area contributed by atoms with Crippen molar-refractivity contribution in [1.82, 2.24) is 9.88 Å². The molecule has 0 aliphatic heterocycles. The first kappa shape index (κ1) is 17.0. The average molecular weight is 379 g/mol. The monoisotopic (exact) mass is 378 g/mol. The Bertz CT molecular complexity index is 846. The fraction of sp³-hybridized carbons (Fsp3) is 0.176. The van der Waals surface area contributed by atoms with E-state index in [0.717, 1.165) is 16.1 Å². The molecule has 0 unspecified atom stereocenters. The van der Waals surface area contributed by atoms with Crippen molar-refractivity contribution in [2.24, 2.45) is 0 Å². The maximum atomic E-state index is 12.6. The summed E-state index contributed by atoms with van der Waals surface area (Å²) in [6.07, 6.45) is 0. The first-order valence-corrected chi connectivity index (χ1v) is 9.34. The molecule has 0 bridgehead atoms. The maximum Gasteiger partial charge on any atom is 0.273 e. The molecule has 4 nitrogen and oxygen atoms in total. The highest BCUT2D eigenvalue weighted by Crippen LogP contribution is 2.27. The van der Waals surface area contributed by atoms with E-state index < -0.39 is 0 Å². The van der Waals surface area contributed by atoms with E-state index in [2.05, 4.69) is 4.98 Å². The summed E-state index contributed by atoms with van der Waals surface area (Å²) in [6, 6.07) is 7.37. The summed E-state index contributed by atoms with van der Waals surface area (Å²) in [7, 11) is 3.34. The summed E-state index contributed by atoms with van der Waals surface area (Å²) >= 11 is 9.13. The first-order chi connectivity index (χ1) is 11.6. The molecule has 0 N–H and O–H groups in total. The lowest BCUT2D eigenvalue weighted by Gasteiger charge is -2.18. The molecule has 0 fully saturated rings. The third-order valence-corrected chi connectivity index (χ3v) is 5.30. The van der Waals surface area contributed by atoms with Crippen molar-refractivity contribution in [2.75, 3.05) is 14.2 Å². The van der Waals surface area contributed by atoms with Gasteiger partial charge in [-0.1, -0.05) is 11.6 Å². The van der Waals surface area contributed by atoms with Crippen molar-refractivity contribution in [3.05, 3.63) is 56.7 Å². The van der Waals surface area contributed by atoms with Gasteiger partial charge in [-0.15, -0.1) is 11.3 Å². The van der Waals surface area contributed by atoms with Crippen LogP contribution in [-0.4, -0.2) is 29.9 Å². The summed E-state index contributed by atoms with van der Waals surface area (Å²) in [4.78, 5) is 18.7. The number of rotatable bonds is 5. The zero-order chi connectivity index (χ0) is 17.1. The van der Waals surface area contributed by atoms with E-state index in [1.807, 2.05) is 22.9 Å². The highest BCUT2D eigenvalue weighted by Gasteiger charge is 2.18. The van der Waals surface area contributed by atoms with Crippen LogP contribution in [0.4, 0.5) is 0 Å². The summed E-state index contributed by atoms with van der Waals surface area (Å²) < 4.78 is 5.33. The third kappa shape index (κ3) is 3.61. The van der Waals surface area contributed by atoms with Crippen molar-refractivity contribution in [3.8, 4) is 16.3 Å². The number of carbonyl (C=O) groups excluding carboxylic acids is 1. The lowest BCUT2D eigenvalue weighted by molar-refractivity contribution is 0.0779. The Kier molecular flexibility index (Phi) is 5.18. The maximum absolute atomic E-state index is 12.6. The number of nitrogens with zero attached hydrogens (tertiary/aromatic N) is 2. The minimum absolute atomic E-state index is 0.130. The van der Waals surface area contributed by atoms with Crippen molar-refractivity contribution in [3.63, 3.8) is 0 Å². The Morgan fingerprint density at radius 3 is 2.88 bits per heavy atom. The molecule has 3 aromatic rings. The Balaban J connectivity index is 1.77. The van der Waals surface area contributed by atoms with Gasteiger partial charge in [0.05, 0.1) is 7.11 Å². The van der Waals surface area contributed by atoms with Crippen LogP contribution in [-0.2, 0) is 6.54 Å². The fourth-order valence-electron chi connectivity index (χ4n) is 2.28. The van der Waals surface area contributed by atoms with Gasteiger partial charge in [0.2, 0.25) is 0 Å². The zero-order valence-corrected chi connectivity index (χ0v) is 15.5. The Hall–Kier alpha value is -1.89. The standard InChI is InChI=1S/C17H15ClN2O2S2/c1-20(8-12-7-13(18)3-4-15(12)22-2)17(21)14-10-24-16(19-14)11-5-6-23-9-11/h3-7,9-10H,8H2,1-2H3. The first-order valence-electron chi connectivity index (χ1n) is 7.14. The van der Waals surface area contributed by atoms with Crippen LogP contribution in [0.25, 0.3) is 10.6 Å². The molecular formula is C17H15ClN2O2S2. The predicted octanol–water partition coefficient (Wildman–Crippen LogP) is 4.81. The van der Waals surface area contributed by atoms with Gasteiger partial charge in [0, 0.05) is 40.5 Å². The van der Waals surface area contributed by atoms with Crippen LogP contribution in [0.1, 0.15) is 16.1 Å². The largest absolute Gasteiger partial charge is 0.496 e.